The zero-order chi connectivity index (χ0) is 14.0. The summed E-state index contributed by atoms with van der Waals surface area (Å²) in [6.07, 6.45) is 2.15. The van der Waals surface area contributed by atoms with Gasteiger partial charge in [-0.25, -0.2) is 8.42 Å². The van der Waals surface area contributed by atoms with Crippen LogP contribution in [0.5, 0.6) is 0 Å². The number of hydrogen-bond acceptors (Lipinski definition) is 5. The molecule has 1 aliphatic rings. The van der Waals surface area contributed by atoms with Gasteiger partial charge in [-0.2, -0.15) is 4.31 Å². The summed E-state index contributed by atoms with van der Waals surface area (Å²) >= 11 is 6.78. The summed E-state index contributed by atoms with van der Waals surface area (Å²) in [5, 5.41) is 11.7. The average Bonchev–Trinajstić information content (AvgIpc) is 2.85. The van der Waals surface area contributed by atoms with Gasteiger partial charge in [-0.1, -0.05) is 23.2 Å². The van der Waals surface area contributed by atoms with Crippen LogP contribution in [-0.2, 0) is 10.0 Å². The second-order valence-corrected chi connectivity index (χ2v) is 8.04. The molecular formula is C10H14ClN3O3S2. The SMILES string of the molecule is NC(=NO)C1CCCCN1S(=O)(=O)c1ccc(Cl)s1. The Morgan fingerprint density at radius 3 is 2.84 bits per heavy atom. The zero-order valence-electron chi connectivity index (χ0n) is 9.99. The average molecular weight is 324 g/mol. The van der Waals surface area contributed by atoms with Gasteiger partial charge in [-0.3, -0.25) is 0 Å². The summed E-state index contributed by atoms with van der Waals surface area (Å²) in [5.41, 5.74) is 5.59. The summed E-state index contributed by atoms with van der Waals surface area (Å²) in [7, 11) is -3.65. The van der Waals surface area contributed by atoms with E-state index in [1.807, 2.05) is 0 Å². The highest BCUT2D eigenvalue weighted by molar-refractivity contribution is 7.91. The Bertz CT molecular complexity index is 585. The summed E-state index contributed by atoms with van der Waals surface area (Å²) < 4.78 is 26.9. The smallest absolute Gasteiger partial charge is 0.253 e. The van der Waals surface area contributed by atoms with Gasteiger partial charge in [0, 0.05) is 6.54 Å². The lowest BCUT2D eigenvalue weighted by atomic mass is 10.0. The van der Waals surface area contributed by atoms with Crippen molar-refractivity contribution in [3.05, 3.63) is 16.5 Å². The first-order valence-corrected chi connectivity index (χ1v) is 8.35. The Morgan fingerprint density at radius 1 is 1.53 bits per heavy atom. The molecule has 106 valence electrons. The van der Waals surface area contributed by atoms with Crippen LogP contribution < -0.4 is 5.73 Å². The largest absolute Gasteiger partial charge is 0.409 e. The third-order valence-electron chi connectivity index (χ3n) is 3.02. The van der Waals surface area contributed by atoms with Crippen molar-refractivity contribution in [2.24, 2.45) is 10.9 Å². The fourth-order valence-electron chi connectivity index (χ4n) is 2.11. The number of nitrogens with zero attached hydrogens (tertiary/aromatic N) is 2. The minimum absolute atomic E-state index is 0.0778. The van der Waals surface area contributed by atoms with Crippen molar-refractivity contribution in [2.75, 3.05) is 6.54 Å². The third kappa shape index (κ3) is 2.86. The monoisotopic (exact) mass is 323 g/mol. The van der Waals surface area contributed by atoms with Gasteiger partial charge < -0.3 is 10.9 Å². The summed E-state index contributed by atoms with van der Waals surface area (Å²) in [5.74, 6) is -0.0778. The summed E-state index contributed by atoms with van der Waals surface area (Å²) in [6.45, 7) is 0.360. The fourth-order valence-corrected chi connectivity index (χ4v) is 5.39. The normalized spacial score (nSPS) is 22.6. The first-order chi connectivity index (χ1) is 8.96. The van der Waals surface area contributed by atoms with Crippen molar-refractivity contribution in [2.45, 2.75) is 29.5 Å². The number of piperidine rings is 1. The molecule has 0 radical (unpaired) electrons. The molecule has 2 rings (SSSR count). The number of thiophene rings is 1. The van der Waals surface area contributed by atoms with Crippen molar-refractivity contribution in [3.8, 4) is 0 Å². The highest BCUT2D eigenvalue weighted by atomic mass is 35.5. The van der Waals surface area contributed by atoms with E-state index in [0.29, 0.717) is 17.3 Å². The molecule has 0 saturated carbocycles. The first kappa shape index (κ1) is 14.6. The van der Waals surface area contributed by atoms with Crippen LogP contribution in [0.25, 0.3) is 0 Å². The molecule has 6 nitrogen and oxygen atoms in total. The van der Waals surface area contributed by atoms with Gasteiger partial charge in [-0.15, -0.1) is 11.3 Å². The lowest BCUT2D eigenvalue weighted by Gasteiger charge is -2.33. The standard InChI is InChI=1S/C10H14ClN3O3S2/c11-8-4-5-9(18-8)19(16,17)14-6-2-1-3-7(14)10(12)13-15/h4-5,7,15H,1-3,6H2,(H2,12,13). The number of oxime groups is 1. The van der Waals surface area contributed by atoms with Crippen molar-refractivity contribution < 1.29 is 13.6 Å². The Morgan fingerprint density at radius 2 is 2.26 bits per heavy atom. The van der Waals surface area contributed by atoms with Crippen molar-refractivity contribution in [1.29, 1.82) is 0 Å². The minimum atomic E-state index is -3.65. The van der Waals surface area contributed by atoms with Crippen molar-refractivity contribution in [3.63, 3.8) is 0 Å². The van der Waals surface area contributed by atoms with Crippen LogP contribution in [0.3, 0.4) is 0 Å². The lowest BCUT2D eigenvalue weighted by Crippen LogP contribution is -2.50. The molecule has 19 heavy (non-hydrogen) atoms. The van der Waals surface area contributed by atoms with Crippen LogP contribution in [0.1, 0.15) is 19.3 Å². The van der Waals surface area contributed by atoms with Crippen molar-refractivity contribution in [1.82, 2.24) is 4.31 Å². The van der Waals surface area contributed by atoms with Gasteiger partial charge in [0.2, 0.25) is 0 Å². The number of hydrogen-bond donors (Lipinski definition) is 2. The molecule has 1 aromatic rings. The maximum Gasteiger partial charge on any atom is 0.253 e. The number of halogens is 1. The molecule has 1 saturated heterocycles. The fraction of sp³-hybridized carbons (Fsp3) is 0.500. The lowest BCUT2D eigenvalue weighted by molar-refractivity contribution is 0.281. The number of rotatable bonds is 3. The van der Waals surface area contributed by atoms with E-state index >= 15 is 0 Å². The van der Waals surface area contributed by atoms with E-state index < -0.39 is 16.1 Å². The molecular weight excluding hydrogens is 310 g/mol. The van der Waals surface area contributed by atoms with E-state index in [9.17, 15) is 8.42 Å². The molecule has 0 amide bonds. The topological polar surface area (TPSA) is 96.0 Å². The Balaban J connectivity index is 2.37. The Kier molecular flexibility index (Phi) is 4.34. The van der Waals surface area contributed by atoms with Crippen molar-refractivity contribution >= 4 is 38.8 Å². The van der Waals surface area contributed by atoms with Gasteiger partial charge in [0.1, 0.15) is 4.21 Å². The number of nitrogens with two attached hydrogens (primary N) is 1. The quantitative estimate of drug-likeness (QED) is 0.383. The maximum atomic E-state index is 12.5. The molecule has 1 fully saturated rings. The first-order valence-electron chi connectivity index (χ1n) is 5.71. The van der Waals surface area contributed by atoms with Crippen LogP contribution in [-0.4, -0.2) is 36.4 Å². The molecule has 9 heteroatoms. The second-order valence-electron chi connectivity index (χ2n) is 4.21. The molecule has 2 heterocycles. The van der Waals surface area contributed by atoms with E-state index in [-0.39, 0.29) is 10.0 Å². The predicted octanol–water partition coefficient (Wildman–Crippen LogP) is 1.69. The van der Waals surface area contributed by atoms with Gasteiger partial charge in [0.05, 0.1) is 10.4 Å². The van der Waals surface area contributed by atoms with E-state index in [1.165, 1.54) is 10.4 Å². The van der Waals surface area contributed by atoms with Gasteiger partial charge >= 0.3 is 0 Å². The third-order valence-corrected chi connectivity index (χ3v) is 6.63. The van der Waals surface area contributed by atoms with Crippen LogP contribution in [0.2, 0.25) is 4.34 Å². The van der Waals surface area contributed by atoms with Crippen LogP contribution in [0, 0.1) is 0 Å². The number of amidine groups is 1. The highest BCUT2D eigenvalue weighted by Gasteiger charge is 2.36. The maximum absolute atomic E-state index is 12.5. The molecule has 1 unspecified atom stereocenters. The molecule has 1 aliphatic heterocycles. The van der Waals surface area contributed by atoms with E-state index in [0.717, 1.165) is 24.2 Å². The van der Waals surface area contributed by atoms with Crippen LogP contribution in [0.4, 0.5) is 0 Å². The van der Waals surface area contributed by atoms with E-state index in [1.54, 1.807) is 6.07 Å². The summed E-state index contributed by atoms with van der Waals surface area (Å²) in [4.78, 5) is 0. The second kappa shape index (κ2) is 5.66. The predicted molar refractivity (Wildman–Crippen MR) is 74.3 cm³/mol. The van der Waals surface area contributed by atoms with E-state index in [4.69, 9.17) is 22.5 Å². The van der Waals surface area contributed by atoms with Crippen LogP contribution in [0.15, 0.2) is 21.5 Å². The minimum Gasteiger partial charge on any atom is -0.409 e. The molecule has 0 aliphatic carbocycles. The van der Waals surface area contributed by atoms with Gasteiger partial charge in [0.25, 0.3) is 10.0 Å². The van der Waals surface area contributed by atoms with Gasteiger partial charge in [0.15, 0.2) is 5.84 Å². The number of sulfonamides is 1. The molecule has 1 atom stereocenters. The Labute approximate surface area is 120 Å². The molecule has 0 spiro atoms. The Hall–Kier alpha value is -0.830. The molecule has 3 N–H and O–H groups in total. The summed E-state index contributed by atoms with van der Waals surface area (Å²) in [6, 6.07) is 2.42. The van der Waals surface area contributed by atoms with Gasteiger partial charge in [-0.05, 0) is 25.0 Å². The van der Waals surface area contributed by atoms with Crippen LogP contribution >= 0.6 is 22.9 Å². The zero-order valence-corrected chi connectivity index (χ0v) is 12.4. The highest BCUT2D eigenvalue weighted by Crippen LogP contribution is 2.31. The molecule has 0 bridgehead atoms. The molecule has 1 aromatic heterocycles. The molecule has 0 aromatic carbocycles. The van der Waals surface area contributed by atoms with E-state index in [2.05, 4.69) is 5.16 Å².